The first kappa shape index (κ1) is 14.1. The third kappa shape index (κ3) is 2.97. The van der Waals surface area contributed by atoms with Crippen LogP contribution < -0.4 is 15.8 Å². The molecule has 1 aromatic carbocycles. The molecule has 0 amide bonds. The number of nitrogens with two attached hydrogens (primary N) is 1. The van der Waals surface area contributed by atoms with Gasteiger partial charge in [0.2, 0.25) is 5.88 Å². The topological polar surface area (TPSA) is 96.9 Å². The lowest BCUT2D eigenvalue weighted by Gasteiger charge is -2.12. The largest absolute Gasteiger partial charge is 0.476 e. The fourth-order valence-corrected chi connectivity index (χ4v) is 1.94. The molecule has 0 aliphatic carbocycles. The highest BCUT2D eigenvalue weighted by atomic mass is 79.9. The molecule has 0 bridgehead atoms. The van der Waals surface area contributed by atoms with E-state index in [1.54, 1.807) is 18.2 Å². The summed E-state index contributed by atoms with van der Waals surface area (Å²) in [5, 5.41) is 12.1. The van der Waals surface area contributed by atoms with Crippen molar-refractivity contribution in [3.05, 3.63) is 34.6 Å². The molecule has 0 radical (unpaired) electrons. The zero-order valence-electron chi connectivity index (χ0n) is 10.7. The van der Waals surface area contributed by atoms with Crippen molar-refractivity contribution in [3.8, 4) is 11.9 Å². The summed E-state index contributed by atoms with van der Waals surface area (Å²) in [6.45, 7) is 2.30. The van der Waals surface area contributed by atoms with Gasteiger partial charge in [-0.25, -0.2) is 4.98 Å². The van der Waals surface area contributed by atoms with Crippen LogP contribution >= 0.6 is 15.9 Å². The van der Waals surface area contributed by atoms with Gasteiger partial charge in [-0.15, -0.1) is 0 Å². The number of aromatic nitrogens is 2. The SMILES string of the molecule is CCOc1ncnc(Nc2cc(Br)ccc2C#N)c1N. The standard InChI is InChI=1S/C13H12BrN5O/c1-2-20-13-11(16)12(17-7-18-13)19-10-5-9(14)4-3-8(10)6-15/h3-5,7H,2,16H2,1H3,(H,17,18,19). The Morgan fingerprint density at radius 3 is 2.95 bits per heavy atom. The number of hydrogen-bond donors (Lipinski definition) is 2. The maximum Gasteiger partial charge on any atom is 0.242 e. The van der Waals surface area contributed by atoms with Gasteiger partial charge in [0.15, 0.2) is 5.82 Å². The van der Waals surface area contributed by atoms with Crippen LogP contribution in [0.3, 0.4) is 0 Å². The summed E-state index contributed by atoms with van der Waals surface area (Å²) in [4.78, 5) is 8.03. The lowest BCUT2D eigenvalue weighted by Crippen LogP contribution is -2.05. The summed E-state index contributed by atoms with van der Waals surface area (Å²) < 4.78 is 6.15. The van der Waals surface area contributed by atoms with Crippen molar-refractivity contribution < 1.29 is 4.74 Å². The maximum atomic E-state index is 9.10. The van der Waals surface area contributed by atoms with Gasteiger partial charge in [0.1, 0.15) is 18.1 Å². The van der Waals surface area contributed by atoms with E-state index in [2.05, 4.69) is 37.3 Å². The number of ether oxygens (including phenoxy) is 1. The average molecular weight is 334 g/mol. The summed E-state index contributed by atoms with van der Waals surface area (Å²) >= 11 is 3.36. The van der Waals surface area contributed by atoms with Crippen molar-refractivity contribution in [1.82, 2.24) is 9.97 Å². The predicted octanol–water partition coefficient (Wildman–Crippen LogP) is 2.84. The molecule has 0 spiro atoms. The molecule has 0 atom stereocenters. The van der Waals surface area contributed by atoms with Crippen LogP contribution in [-0.4, -0.2) is 16.6 Å². The van der Waals surface area contributed by atoms with E-state index < -0.39 is 0 Å². The van der Waals surface area contributed by atoms with E-state index in [1.165, 1.54) is 6.33 Å². The minimum atomic E-state index is 0.304. The number of nitrogens with zero attached hydrogens (tertiary/aromatic N) is 3. The molecule has 3 N–H and O–H groups in total. The molecule has 0 aliphatic heterocycles. The Kier molecular flexibility index (Phi) is 4.38. The number of nitriles is 1. The number of nitrogen functional groups attached to an aromatic ring is 1. The second-order valence-electron chi connectivity index (χ2n) is 3.80. The highest BCUT2D eigenvalue weighted by molar-refractivity contribution is 9.10. The van der Waals surface area contributed by atoms with Gasteiger partial charge in [-0.05, 0) is 25.1 Å². The van der Waals surface area contributed by atoms with Gasteiger partial charge in [-0.1, -0.05) is 15.9 Å². The number of anilines is 3. The highest BCUT2D eigenvalue weighted by Gasteiger charge is 2.11. The summed E-state index contributed by atoms with van der Waals surface area (Å²) in [5.74, 6) is 0.719. The van der Waals surface area contributed by atoms with Gasteiger partial charge in [-0.3, -0.25) is 0 Å². The summed E-state index contributed by atoms with van der Waals surface area (Å²) in [6, 6.07) is 7.37. The summed E-state index contributed by atoms with van der Waals surface area (Å²) in [5.41, 5.74) is 7.34. The molecule has 2 rings (SSSR count). The average Bonchev–Trinajstić information content (AvgIpc) is 2.44. The monoisotopic (exact) mass is 333 g/mol. The van der Waals surface area contributed by atoms with Gasteiger partial charge in [0, 0.05) is 4.47 Å². The number of rotatable bonds is 4. The molecule has 1 aromatic heterocycles. The number of nitrogens with one attached hydrogen (secondary N) is 1. The van der Waals surface area contributed by atoms with Crippen LogP contribution in [0.4, 0.5) is 17.2 Å². The zero-order valence-corrected chi connectivity index (χ0v) is 12.3. The van der Waals surface area contributed by atoms with Crippen LogP contribution in [0.25, 0.3) is 0 Å². The second-order valence-corrected chi connectivity index (χ2v) is 4.72. The second kappa shape index (κ2) is 6.21. The number of hydrogen-bond acceptors (Lipinski definition) is 6. The molecule has 7 heteroatoms. The lowest BCUT2D eigenvalue weighted by atomic mass is 10.2. The van der Waals surface area contributed by atoms with Gasteiger partial charge < -0.3 is 15.8 Å². The number of halogens is 1. The van der Waals surface area contributed by atoms with Gasteiger partial charge in [0.25, 0.3) is 0 Å². The maximum absolute atomic E-state index is 9.10. The van der Waals surface area contributed by atoms with Crippen LogP contribution in [0.1, 0.15) is 12.5 Å². The third-order valence-corrected chi connectivity index (χ3v) is 2.98. The van der Waals surface area contributed by atoms with E-state index in [0.717, 1.165) is 4.47 Å². The first-order valence-corrected chi connectivity index (χ1v) is 6.65. The zero-order chi connectivity index (χ0) is 14.5. The fourth-order valence-electron chi connectivity index (χ4n) is 1.58. The van der Waals surface area contributed by atoms with E-state index in [0.29, 0.717) is 35.2 Å². The first-order chi connectivity index (χ1) is 9.65. The van der Waals surface area contributed by atoms with Crippen LogP contribution in [0.15, 0.2) is 29.0 Å². The Morgan fingerprint density at radius 2 is 2.25 bits per heavy atom. The van der Waals surface area contributed by atoms with Crippen LogP contribution in [-0.2, 0) is 0 Å². The smallest absolute Gasteiger partial charge is 0.242 e. The van der Waals surface area contributed by atoms with Crippen LogP contribution in [0.5, 0.6) is 5.88 Å². The molecule has 0 saturated heterocycles. The molecule has 0 saturated carbocycles. The number of benzene rings is 1. The molecular formula is C13H12BrN5O. The quantitative estimate of drug-likeness (QED) is 0.892. The normalized spacial score (nSPS) is 9.85. The highest BCUT2D eigenvalue weighted by Crippen LogP contribution is 2.29. The van der Waals surface area contributed by atoms with E-state index in [1.807, 2.05) is 6.92 Å². The Bertz CT molecular complexity index is 668. The summed E-state index contributed by atoms with van der Waals surface area (Å²) in [7, 11) is 0. The van der Waals surface area contributed by atoms with Gasteiger partial charge >= 0.3 is 0 Å². The molecular weight excluding hydrogens is 322 g/mol. The Labute approximate surface area is 124 Å². The molecule has 0 unspecified atom stereocenters. The van der Waals surface area contributed by atoms with Gasteiger partial charge in [-0.2, -0.15) is 10.2 Å². The molecule has 2 aromatic rings. The minimum absolute atomic E-state index is 0.304. The van der Waals surface area contributed by atoms with Crippen molar-refractivity contribution in [2.45, 2.75) is 6.92 Å². The van der Waals surface area contributed by atoms with Crippen molar-refractivity contribution in [3.63, 3.8) is 0 Å². The molecule has 20 heavy (non-hydrogen) atoms. The molecule has 0 aliphatic rings. The van der Waals surface area contributed by atoms with Crippen LogP contribution in [0, 0.1) is 11.3 Å². The fraction of sp³-hybridized carbons (Fsp3) is 0.154. The third-order valence-electron chi connectivity index (χ3n) is 2.48. The Morgan fingerprint density at radius 1 is 1.45 bits per heavy atom. The van der Waals surface area contributed by atoms with E-state index in [9.17, 15) is 0 Å². The minimum Gasteiger partial charge on any atom is -0.476 e. The summed E-state index contributed by atoms with van der Waals surface area (Å²) in [6.07, 6.45) is 1.35. The Hall–Kier alpha value is -2.33. The molecule has 1 heterocycles. The first-order valence-electron chi connectivity index (χ1n) is 5.85. The van der Waals surface area contributed by atoms with Crippen molar-refractivity contribution in [2.75, 3.05) is 17.7 Å². The van der Waals surface area contributed by atoms with Crippen molar-refractivity contribution in [1.29, 1.82) is 5.26 Å². The molecule has 0 fully saturated rings. The van der Waals surface area contributed by atoms with Crippen molar-refractivity contribution in [2.24, 2.45) is 0 Å². The van der Waals surface area contributed by atoms with Crippen LogP contribution in [0.2, 0.25) is 0 Å². The lowest BCUT2D eigenvalue weighted by molar-refractivity contribution is 0.328. The predicted molar refractivity (Wildman–Crippen MR) is 79.8 cm³/mol. The Balaban J connectivity index is 2.38. The van der Waals surface area contributed by atoms with E-state index in [4.69, 9.17) is 15.7 Å². The van der Waals surface area contributed by atoms with Gasteiger partial charge in [0.05, 0.1) is 17.9 Å². The molecule has 6 nitrogen and oxygen atoms in total. The van der Waals surface area contributed by atoms with E-state index >= 15 is 0 Å². The van der Waals surface area contributed by atoms with E-state index in [-0.39, 0.29) is 0 Å². The van der Waals surface area contributed by atoms with Crippen molar-refractivity contribution >= 4 is 33.1 Å². The molecule has 102 valence electrons.